The van der Waals surface area contributed by atoms with E-state index in [0.717, 1.165) is 37.0 Å². The average molecular weight is 290 g/mol. The molecule has 112 valence electrons. The van der Waals surface area contributed by atoms with Crippen LogP contribution in [0, 0.1) is 11.7 Å². The zero-order chi connectivity index (χ0) is 14.8. The Morgan fingerprint density at radius 2 is 2.14 bits per heavy atom. The predicted octanol–water partition coefficient (Wildman–Crippen LogP) is 2.47. The number of ether oxygens (including phenoxy) is 1. The fourth-order valence-corrected chi connectivity index (χ4v) is 2.82. The van der Waals surface area contributed by atoms with Crippen molar-refractivity contribution in [2.75, 3.05) is 19.8 Å². The number of nitrogens with one attached hydrogen (secondary N) is 1. The van der Waals surface area contributed by atoms with E-state index in [-0.39, 0.29) is 11.7 Å². The number of halogens is 1. The first-order chi connectivity index (χ1) is 10.1. The van der Waals surface area contributed by atoms with Gasteiger partial charge in [-0.1, -0.05) is 0 Å². The lowest BCUT2D eigenvalue weighted by atomic mass is 10.0. The first kappa shape index (κ1) is 14.1. The summed E-state index contributed by atoms with van der Waals surface area (Å²) in [6, 6.07) is 6.29. The molecule has 1 aromatic carbocycles. The molecule has 0 radical (unpaired) electrons. The van der Waals surface area contributed by atoms with E-state index < -0.39 is 0 Å². The topological polar surface area (TPSA) is 43.3 Å². The second kappa shape index (κ2) is 5.85. The molecule has 1 saturated heterocycles. The van der Waals surface area contributed by atoms with E-state index >= 15 is 0 Å². The van der Waals surface area contributed by atoms with Gasteiger partial charge in [-0.15, -0.1) is 0 Å². The molecule has 21 heavy (non-hydrogen) atoms. The van der Waals surface area contributed by atoms with Crippen LogP contribution in [0.15, 0.2) is 24.3 Å². The monoisotopic (exact) mass is 290 g/mol. The van der Waals surface area contributed by atoms with Crippen LogP contribution in [-0.2, 0) is 11.8 Å². The molecule has 1 aliphatic heterocycles. The Morgan fingerprint density at radius 1 is 1.38 bits per heavy atom. The second-order valence-electron chi connectivity index (χ2n) is 5.56. The zero-order valence-corrected chi connectivity index (χ0v) is 12.1. The SMILES string of the molecule is Cn1c(C(=O)NCC2CCOCC2)cc2cc(F)ccc21. The van der Waals surface area contributed by atoms with Crippen molar-refractivity contribution in [1.82, 2.24) is 9.88 Å². The highest BCUT2D eigenvalue weighted by Crippen LogP contribution is 2.20. The van der Waals surface area contributed by atoms with Crippen LogP contribution >= 0.6 is 0 Å². The maximum atomic E-state index is 13.2. The minimum Gasteiger partial charge on any atom is -0.381 e. The van der Waals surface area contributed by atoms with Crippen LogP contribution in [0.25, 0.3) is 10.9 Å². The molecule has 0 aliphatic carbocycles. The van der Waals surface area contributed by atoms with Crippen molar-refractivity contribution in [3.8, 4) is 0 Å². The van der Waals surface area contributed by atoms with Gasteiger partial charge in [0.15, 0.2) is 0 Å². The average Bonchev–Trinajstić information content (AvgIpc) is 2.82. The third-order valence-corrected chi connectivity index (χ3v) is 4.13. The highest BCUT2D eigenvalue weighted by molar-refractivity contribution is 5.98. The highest BCUT2D eigenvalue weighted by Gasteiger charge is 2.17. The Labute approximate surface area is 122 Å². The Bertz CT molecular complexity index is 660. The molecular weight excluding hydrogens is 271 g/mol. The summed E-state index contributed by atoms with van der Waals surface area (Å²) in [6.07, 6.45) is 1.97. The quantitative estimate of drug-likeness (QED) is 0.943. The Kier molecular flexibility index (Phi) is 3.92. The summed E-state index contributed by atoms with van der Waals surface area (Å²) in [4.78, 5) is 12.3. The van der Waals surface area contributed by atoms with Crippen molar-refractivity contribution in [3.63, 3.8) is 0 Å². The molecular formula is C16H19FN2O2. The van der Waals surface area contributed by atoms with Crippen molar-refractivity contribution < 1.29 is 13.9 Å². The van der Waals surface area contributed by atoms with E-state index in [1.54, 1.807) is 16.7 Å². The summed E-state index contributed by atoms with van der Waals surface area (Å²) in [7, 11) is 1.82. The molecule has 0 unspecified atom stereocenters. The van der Waals surface area contributed by atoms with Crippen LogP contribution in [0.1, 0.15) is 23.3 Å². The van der Waals surface area contributed by atoms with Crippen LogP contribution in [0.5, 0.6) is 0 Å². The molecule has 0 atom stereocenters. The molecule has 1 N–H and O–H groups in total. The summed E-state index contributed by atoms with van der Waals surface area (Å²) < 4.78 is 20.4. The molecule has 0 saturated carbocycles. The fraction of sp³-hybridized carbons (Fsp3) is 0.438. The van der Waals surface area contributed by atoms with Crippen molar-refractivity contribution in [2.45, 2.75) is 12.8 Å². The van der Waals surface area contributed by atoms with Gasteiger partial charge in [0.25, 0.3) is 5.91 Å². The molecule has 1 amide bonds. The van der Waals surface area contributed by atoms with E-state index in [1.165, 1.54) is 12.1 Å². The molecule has 2 heterocycles. The van der Waals surface area contributed by atoms with Crippen molar-refractivity contribution in [3.05, 3.63) is 35.8 Å². The number of amides is 1. The molecule has 0 bridgehead atoms. The van der Waals surface area contributed by atoms with E-state index in [2.05, 4.69) is 5.32 Å². The molecule has 1 fully saturated rings. The fourth-order valence-electron chi connectivity index (χ4n) is 2.82. The summed E-state index contributed by atoms with van der Waals surface area (Å²) in [5.74, 6) is 0.0812. The number of fused-ring (bicyclic) bond motifs is 1. The van der Waals surface area contributed by atoms with Crippen LogP contribution in [-0.4, -0.2) is 30.2 Å². The van der Waals surface area contributed by atoms with E-state index in [4.69, 9.17) is 4.74 Å². The maximum absolute atomic E-state index is 13.2. The third kappa shape index (κ3) is 2.93. The molecule has 1 aliphatic rings. The largest absolute Gasteiger partial charge is 0.381 e. The second-order valence-corrected chi connectivity index (χ2v) is 5.56. The highest BCUT2D eigenvalue weighted by atomic mass is 19.1. The normalized spacial score (nSPS) is 16.3. The van der Waals surface area contributed by atoms with Gasteiger partial charge in [-0.05, 0) is 43.0 Å². The Morgan fingerprint density at radius 3 is 2.90 bits per heavy atom. The summed E-state index contributed by atoms with van der Waals surface area (Å²) in [5.41, 5.74) is 1.41. The summed E-state index contributed by atoms with van der Waals surface area (Å²) >= 11 is 0. The number of aryl methyl sites for hydroxylation is 1. The smallest absolute Gasteiger partial charge is 0.267 e. The van der Waals surface area contributed by atoms with E-state index in [1.807, 2.05) is 7.05 Å². The third-order valence-electron chi connectivity index (χ3n) is 4.13. The van der Waals surface area contributed by atoms with Crippen molar-refractivity contribution in [2.24, 2.45) is 13.0 Å². The maximum Gasteiger partial charge on any atom is 0.267 e. The number of carbonyl (C=O) groups excluding carboxylic acids is 1. The molecule has 3 rings (SSSR count). The summed E-state index contributed by atoms with van der Waals surface area (Å²) in [6.45, 7) is 2.21. The minimum atomic E-state index is -0.290. The van der Waals surface area contributed by atoms with Gasteiger partial charge in [0.1, 0.15) is 11.5 Å². The number of hydrogen-bond donors (Lipinski definition) is 1. The van der Waals surface area contributed by atoms with Crippen LogP contribution in [0.2, 0.25) is 0 Å². The van der Waals surface area contributed by atoms with Crippen molar-refractivity contribution in [1.29, 1.82) is 0 Å². The predicted molar refractivity (Wildman–Crippen MR) is 78.8 cm³/mol. The lowest BCUT2D eigenvalue weighted by Crippen LogP contribution is -2.33. The number of hydrogen-bond acceptors (Lipinski definition) is 2. The number of rotatable bonds is 3. The van der Waals surface area contributed by atoms with Gasteiger partial charge in [0.2, 0.25) is 0 Å². The first-order valence-electron chi connectivity index (χ1n) is 7.26. The van der Waals surface area contributed by atoms with Gasteiger partial charge in [0, 0.05) is 37.7 Å². The van der Waals surface area contributed by atoms with Crippen LogP contribution in [0.4, 0.5) is 4.39 Å². The lowest BCUT2D eigenvalue weighted by Gasteiger charge is -2.22. The van der Waals surface area contributed by atoms with Gasteiger partial charge >= 0.3 is 0 Å². The standard InChI is InChI=1S/C16H19FN2O2/c1-19-14-3-2-13(17)8-12(14)9-15(19)16(20)18-10-11-4-6-21-7-5-11/h2-3,8-9,11H,4-7,10H2,1H3,(H,18,20). The molecule has 0 spiro atoms. The van der Waals surface area contributed by atoms with Gasteiger partial charge in [0.05, 0.1) is 0 Å². The number of nitrogens with zero attached hydrogens (tertiary/aromatic N) is 1. The molecule has 4 nitrogen and oxygen atoms in total. The Hall–Kier alpha value is -1.88. The molecule has 5 heteroatoms. The van der Waals surface area contributed by atoms with Gasteiger partial charge in [-0.3, -0.25) is 4.79 Å². The first-order valence-corrected chi connectivity index (χ1v) is 7.26. The van der Waals surface area contributed by atoms with Crippen LogP contribution in [0.3, 0.4) is 0 Å². The van der Waals surface area contributed by atoms with Gasteiger partial charge < -0.3 is 14.6 Å². The van der Waals surface area contributed by atoms with E-state index in [0.29, 0.717) is 18.2 Å². The minimum absolute atomic E-state index is 0.111. The summed E-state index contributed by atoms with van der Waals surface area (Å²) in [5, 5.41) is 3.72. The van der Waals surface area contributed by atoms with Gasteiger partial charge in [-0.2, -0.15) is 0 Å². The molecule has 1 aromatic heterocycles. The Balaban J connectivity index is 1.73. The number of carbonyl (C=O) groups is 1. The number of benzene rings is 1. The zero-order valence-electron chi connectivity index (χ0n) is 12.1. The van der Waals surface area contributed by atoms with E-state index in [9.17, 15) is 9.18 Å². The lowest BCUT2D eigenvalue weighted by molar-refractivity contribution is 0.0641. The molecule has 2 aromatic rings. The van der Waals surface area contributed by atoms with Crippen molar-refractivity contribution >= 4 is 16.8 Å². The van der Waals surface area contributed by atoms with Gasteiger partial charge in [-0.25, -0.2) is 4.39 Å². The number of aromatic nitrogens is 1. The van der Waals surface area contributed by atoms with Crippen LogP contribution < -0.4 is 5.32 Å².